The second kappa shape index (κ2) is 7.78. The van der Waals surface area contributed by atoms with Gasteiger partial charge < -0.3 is 28.4 Å². The minimum absolute atomic E-state index is 0.161. The molecule has 0 bridgehead atoms. The Balaban J connectivity index is 1.60. The van der Waals surface area contributed by atoms with Gasteiger partial charge >= 0.3 is 5.97 Å². The molecule has 0 saturated carbocycles. The number of hydrogen-bond acceptors (Lipinski definition) is 7. The molecule has 0 fully saturated rings. The predicted molar refractivity (Wildman–Crippen MR) is 119 cm³/mol. The Morgan fingerprint density at radius 1 is 0.812 bits per heavy atom. The maximum Gasteiger partial charge on any atom is 0.339 e. The molecule has 8 heteroatoms. The van der Waals surface area contributed by atoms with E-state index in [0.717, 1.165) is 45.6 Å². The van der Waals surface area contributed by atoms with E-state index in [4.69, 9.17) is 28.4 Å². The molecule has 3 aromatic carbocycles. The van der Waals surface area contributed by atoms with Gasteiger partial charge in [-0.15, -0.1) is 0 Å². The molecule has 0 spiro atoms. The Kier molecular flexibility index (Phi) is 4.75. The molecule has 0 aromatic heterocycles. The molecule has 7 nitrogen and oxygen atoms in total. The minimum atomic E-state index is -0.363. The van der Waals surface area contributed by atoms with E-state index >= 15 is 0 Å². The molecule has 0 atom stereocenters. The SMILES string of the molecule is O=C1OCc2c1c(-c1ccc3c(c1)OCO3)c1cc3c(cc1c2OCCCCBr)OCO3. The second-order valence-corrected chi connectivity index (χ2v) is 8.49. The molecule has 0 amide bonds. The first-order valence-corrected chi connectivity index (χ1v) is 11.5. The van der Waals surface area contributed by atoms with Gasteiger partial charge in [-0.25, -0.2) is 4.79 Å². The van der Waals surface area contributed by atoms with Crippen LogP contribution in [-0.4, -0.2) is 31.5 Å². The third kappa shape index (κ3) is 3.04. The molecule has 0 saturated heterocycles. The van der Waals surface area contributed by atoms with Gasteiger partial charge in [0.05, 0.1) is 12.2 Å². The van der Waals surface area contributed by atoms with Crippen molar-refractivity contribution >= 4 is 32.7 Å². The lowest BCUT2D eigenvalue weighted by atomic mass is 9.89. The van der Waals surface area contributed by atoms with Crippen LogP contribution in [0.1, 0.15) is 28.8 Å². The van der Waals surface area contributed by atoms with Crippen molar-refractivity contribution < 1.29 is 33.2 Å². The summed E-state index contributed by atoms with van der Waals surface area (Å²) in [5.41, 5.74) is 2.87. The number of hydrogen-bond donors (Lipinski definition) is 0. The van der Waals surface area contributed by atoms with E-state index in [0.29, 0.717) is 40.9 Å². The van der Waals surface area contributed by atoms with E-state index in [-0.39, 0.29) is 26.2 Å². The molecule has 3 aliphatic heterocycles. The van der Waals surface area contributed by atoms with Crippen LogP contribution in [0.2, 0.25) is 0 Å². The number of ether oxygens (including phenoxy) is 6. The fourth-order valence-electron chi connectivity index (χ4n) is 4.36. The quantitative estimate of drug-likeness (QED) is 0.263. The van der Waals surface area contributed by atoms with Gasteiger partial charge in [0.25, 0.3) is 0 Å². The maximum atomic E-state index is 12.9. The van der Waals surface area contributed by atoms with Gasteiger partial charge in [-0.1, -0.05) is 22.0 Å². The smallest absolute Gasteiger partial charge is 0.339 e. The third-order valence-corrected chi connectivity index (χ3v) is 6.40. The summed E-state index contributed by atoms with van der Waals surface area (Å²) in [5, 5.41) is 2.61. The lowest BCUT2D eigenvalue weighted by Crippen LogP contribution is -2.04. The number of carbonyl (C=O) groups excluding carboxylic acids is 1. The molecule has 0 radical (unpaired) electrons. The summed E-state index contributed by atoms with van der Waals surface area (Å²) in [6, 6.07) is 9.51. The fraction of sp³-hybridized carbons (Fsp3) is 0.292. The van der Waals surface area contributed by atoms with Crippen molar-refractivity contribution in [3.8, 4) is 39.9 Å². The second-order valence-electron chi connectivity index (χ2n) is 7.70. The Morgan fingerprint density at radius 3 is 2.31 bits per heavy atom. The molecule has 0 unspecified atom stereocenters. The number of alkyl halides is 1. The van der Waals surface area contributed by atoms with Crippen molar-refractivity contribution in [3.05, 3.63) is 41.5 Å². The van der Waals surface area contributed by atoms with Gasteiger partial charge in [0.1, 0.15) is 12.4 Å². The van der Waals surface area contributed by atoms with Crippen LogP contribution in [0.15, 0.2) is 30.3 Å². The third-order valence-electron chi connectivity index (χ3n) is 5.84. The highest BCUT2D eigenvalue weighted by molar-refractivity contribution is 9.09. The summed E-state index contributed by atoms with van der Waals surface area (Å²) >= 11 is 3.45. The van der Waals surface area contributed by atoms with Crippen LogP contribution in [0.25, 0.3) is 21.9 Å². The largest absolute Gasteiger partial charge is 0.492 e. The van der Waals surface area contributed by atoms with Crippen molar-refractivity contribution in [2.75, 3.05) is 25.5 Å². The molecule has 0 aliphatic carbocycles. The topological polar surface area (TPSA) is 72.5 Å². The number of halogens is 1. The highest BCUT2D eigenvalue weighted by atomic mass is 79.9. The van der Waals surface area contributed by atoms with Crippen LogP contribution in [-0.2, 0) is 11.3 Å². The van der Waals surface area contributed by atoms with Crippen LogP contribution in [0.5, 0.6) is 28.7 Å². The Bertz CT molecular complexity index is 1250. The summed E-state index contributed by atoms with van der Waals surface area (Å²) in [5.74, 6) is 2.92. The summed E-state index contributed by atoms with van der Waals surface area (Å²) < 4.78 is 34.0. The Hall–Kier alpha value is -3.13. The molecular formula is C24H19BrO7. The van der Waals surface area contributed by atoms with Crippen LogP contribution in [0.4, 0.5) is 0 Å². The molecule has 3 aliphatic rings. The molecule has 3 heterocycles. The van der Waals surface area contributed by atoms with Crippen molar-refractivity contribution in [1.82, 2.24) is 0 Å². The zero-order valence-corrected chi connectivity index (χ0v) is 18.7. The number of fused-ring (bicyclic) bond motifs is 4. The average molecular weight is 499 g/mol. The van der Waals surface area contributed by atoms with Gasteiger partial charge in [0.2, 0.25) is 13.6 Å². The molecule has 32 heavy (non-hydrogen) atoms. The van der Waals surface area contributed by atoms with Gasteiger partial charge in [-0.3, -0.25) is 0 Å². The number of rotatable bonds is 6. The summed E-state index contributed by atoms with van der Waals surface area (Å²) in [6.45, 7) is 1.05. The highest BCUT2D eigenvalue weighted by Crippen LogP contribution is 2.49. The van der Waals surface area contributed by atoms with Crippen molar-refractivity contribution in [2.24, 2.45) is 0 Å². The first-order valence-electron chi connectivity index (χ1n) is 10.4. The van der Waals surface area contributed by atoms with E-state index in [1.54, 1.807) is 0 Å². The summed E-state index contributed by atoms with van der Waals surface area (Å²) in [7, 11) is 0. The van der Waals surface area contributed by atoms with Gasteiger partial charge in [-0.05, 0) is 48.1 Å². The Labute approximate surface area is 192 Å². The molecule has 6 rings (SSSR count). The van der Waals surface area contributed by atoms with Crippen molar-refractivity contribution in [2.45, 2.75) is 19.4 Å². The molecular weight excluding hydrogens is 480 g/mol. The minimum Gasteiger partial charge on any atom is -0.492 e. The van der Waals surface area contributed by atoms with E-state index in [1.165, 1.54) is 0 Å². The fourth-order valence-corrected chi connectivity index (χ4v) is 4.76. The zero-order chi connectivity index (χ0) is 21.7. The predicted octanol–water partition coefficient (Wildman–Crippen LogP) is 5.19. The number of benzene rings is 3. The Morgan fingerprint density at radius 2 is 1.53 bits per heavy atom. The number of cyclic esters (lactones) is 1. The lowest BCUT2D eigenvalue weighted by molar-refractivity contribution is 0.0534. The van der Waals surface area contributed by atoms with Gasteiger partial charge in [0.15, 0.2) is 23.0 Å². The number of carbonyl (C=O) groups is 1. The van der Waals surface area contributed by atoms with E-state index in [2.05, 4.69) is 15.9 Å². The number of esters is 1. The van der Waals surface area contributed by atoms with Crippen molar-refractivity contribution in [3.63, 3.8) is 0 Å². The highest BCUT2D eigenvalue weighted by Gasteiger charge is 2.34. The summed E-state index contributed by atoms with van der Waals surface area (Å²) in [6.07, 6.45) is 1.89. The zero-order valence-electron chi connectivity index (χ0n) is 17.1. The maximum absolute atomic E-state index is 12.9. The van der Waals surface area contributed by atoms with E-state index < -0.39 is 0 Å². The molecule has 3 aromatic rings. The first kappa shape index (κ1) is 19.5. The summed E-state index contributed by atoms with van der Waals surface area (Å²) in [4.78, 5) is 12.9. The molecule has 0 N–H and O–H groups in total. The van der Waals surface area contributed by atoms with Crippen LogP contribution >= 0.6 is 15.9 Å². The number of unbranched alkanes of at least 4 members (excludes halogenated alkanes) is 1. The lowest BCUT2D eigenvalue weighted by Gasteiger charge is -2.18. The van der Waals surface area contributed by atoms with Gasteiger partial charge in [-0.2, -0.15) is 0 Å². The monoisotopic (exact) mass is 498 g/mol. The first-order chi connectivity index (χ1) is 15.7. The van der Waals surface area contributed by atoms with Crippen molar-refractivity contribution in [1.29, 1.82) is 0 Å². The van der Waals surface area contributed by atoms with Crippen LogP contribution in [0.3, 0.4) is 0 Å². The standard InChI is InChI=1S/C24H19BrO7/c25-5-1-2-6-27-23-15-9-20-19(31-12-32-20)8-14(15)21(22-16(23)10-28-24(22)26)13-3-4-17-18(7-13)30-11-29-17/h3-4,7-9H,1-2,5-6,10-12H2. The van der Waals surface area contributed by atoms with Crippen LogP contribution < -0.4 is 23.7 Å². The normalized spacial score (nSPS) is 15.2. The average Bonchev–Trinajstić information content (AvgIpc) is 3.54. The van der Waals surface area contributed by atoms with Crippen LogP contribution in [0, 0.1) is 0 Å². The van der Waals surface area contributed by atoms with Gasteiger partial charge in [0, 0.05) is 21.8 Å². The van der Waals surface area contributed by atoms with E-state index in [1.807, 2.05) is 30.3 Å². The van der Waals surface area contributed by atoms with E-state index in [9.17, 15) is 4.79 Å². The molecule has 164 valence electrons.